The van der Waals surface area contributed by atoms with Crippen molar-refractivity contribution in [2.75, 3.05) is 26.2 Å². The monoisotopic (exact) mass is 396 g/mol. The Balaban J connectivity index is 1.30. The number of amides is 2. The van der Waals surface area contributed by atoms with Crippen LogP contribution in [0.2, 0.25) is 0 Å². The van der Waals surface area contributed by atoms with E-state index in [9.17, 15) is 14.0 Å². The van der Waals surface area contributed by atoms with Gasteiger partial charge >= 0.3 is 0 Å². The zero-order valence-electron chi connectivity index (χ0n) is 16.3. The second-order valence-corrected chi connectivity index (χ2v) is 7.83. The summed E-state index contributed by atoms with van der Waals surface area (Å²) in [5, 5.41) is 3.05. The second-order valence-electron chi connectivity index (χ2n) is 7.83. The van der Waals surface area contributed by atoms with Crippen LogP contribution < -0.4 is 10.1 Å². The van der Waals surface area contributed by atoms with Crippen molar-refractivity contribution in [1.82, 2.24) is 10.2 Å². The summed E-state index contributed by atoms with van der Waals surface area (Å²) in [6.45, 7) is 2.17. The van der Waals surface area contributed by atoms with Crippen LogP contribution in [0.1, 0.15) is 28.8 Å². The summed E-state index contributed by atoms with van der Waals surface area (Å²) in [6, 6.07) is 13.5. The standard InChI is InChI=1S/C23H25FN2O3/c24-20-9-7-17(8-10-20)23(28)26-11-3-5-19(14-26)22(27)25-13-16-12-18-4-1-2-6-21(18)29-15-16/h1-2,4,6-10,16,19H,3,5,11-15H2,(H,25,27)/t16-,19+/m1/s1. The van der Waals surface area contributed by atoms with Crippen LogP contribution in [0.5, 0.6) is 5.75 Å². The molecule has 2 aliphatic heterocycles. The molecule has 0 unspecified atom stereocenters. The lowest BCUT2D eigenvalue weighted by molar-refractivity contribution is -0.126. The zero-order chi connectivity index (χ0) is 20.2. The highest BCUT2D eigenvalue weighted by molar-refractivity contribution is 5.94. The first-order valence-electron chi connectivity index (χ1n) is 10.1. The van der Waals surface area contributed by atoms with Gasteiger partial charge in [0.2, 0.25) is 5.91 Å². The summed E-state index contributed by atoms with van der Waals surface area (Å²) >= 11 is 0. The van der Waals surface area contributed by atoms with Crippen molar-refractivity contribution in [3.05, 3.63) is 65.5 Å². The van der Waals surface area contributed by atoms with Gasteiger partial charge in [0, 0.05) is 31.1 Å². The molecular formula is C23H25FN2O3. The minimum atomic E-state index is -0.369. The van der Waals surface area contributed by atoms with E-state index >= 15 is 0 Å². The van der Waals surface area contributed by atoms with Gasteiger partial charge in [0.05, 0.1) is 12.5 Å². The smallest absolute Gasteiger partial charge is 0.253 e. The molecule has 6 heteroatoms. The van der Waals surface area contributed by atoms with Gasteiger partial charge in [0.25, 0.3) is 5.91 Å². The second kappa shape index (κ2) is 8.64. The lowest BCUT2D eigenvalue weighted by atomic mass is 9.94. The molecule has 1 fully saturated rings. The highest BCUT2D eigenvalue weighted by atomic mass is 19.1. The number of hydrogen-bond donors (Lipinski definition) is 1. The number of benzene rings is 2. The summed E-state index contributed by atoms with van der Waals surface area (Å²) in [6.07, 6.45) is 2.43. The number of nitrogens with one attached hydrogen (secondary N) is 1. The van der Waals surface area contributed by atoms with Crippen molar-refractivity contribution in [3.63, 3.8) is 0 Å². The molecule has 1 N–H and O–H groups in total. The molecule has 1 saturated heterocycles. The van der Waals surface area contributed by atoms with Gasteiger partial charge in [0.1, 0.15) is 11.6 Å². The number of carbonyl (C=O) groups excluding carboxylic acids is 2. The van der Waals surface area contributed by atoms with Crippen LogP contribution in [0.3, 0.4) is 0 Å². The van der Waals surface area contributed by atoms with Crippen LogP contribution in [0.4, 0.5) is 4.39 Å². The van der Waals surface area contributed by atoms with Crippen molar-refractivity contribution in [1.29, 1.82) is 0 Å². The highest BCUT2D eigenvalue weighted by Gasteiger charge is 2.29. The Kier molecular flexibility index (Phi) is 5.79. The van der Waals surface area contributed by atoms with Gasteiger partial charge in [-0.1, -0.05) is 18.2 Å². The first-order valence-corrected chi connectivity index (χ1v) is 10.1. The number of nitrogens with zero attached hydrogens (tertiary/aromatic N) is 1. The maximum absolute atomic E-state index is 13.1. The molecule has 4 rings (SSSR count). The van der Waals surface area contributed by atoms with Crippen LogP contribution in [0.15, 0.2) is 48.5 Å². The van der Waals surface area contributed by atoms with E-state index in [1.165, 1.54) is 29.8 Å². The van der Waals surface area contributed by atoms with E-state index in [1.807, 2.05) is 18.2 Å². The van der Waals surface area contributed by atoms with Gasteiger partial charge < -0.3 is 15.0 Å². The minimum Gasteiger partial charge on any atom is -0.493 e. The Bertz CT molecular complexity index is 884. The first kappa shape index (κ1) is 19.4. The fraction of sp³-hybridized carbons (Fsp3) is 0.391. The molecule has 0 aromatic heterocycles. The summed E-state index contributed by atoms with van der Waals surface area (Å²) in [5.41, 5.74) is 1.62. The van der Waals surface area contributed by atoms with Crippen LogP contribution in [-0.4, -0.2) is 43.0 Å². The molecule has 2 aromatic carbocycles. The van der Waals surface area contributed by atoms with Gasteiger partial charge in [-0.25, -0.2) is 4.39 Å². The van der Waals surface area contributed by atoms with Crippen molar-refractivity contribution in [3.8, 4) is 5.75 Å². The maximum Gasteiger partial charge on any atom is 0.253 e. The zero-order valence-corrected chi connectivity index (χ0v) is 16.3. The lowest BCUT2D eigenvalue weighted by Crippen LogP contribution is -2.46. The molecule has 0 saturated carbocycles. The molecule has 2 aromatic rings. The topological polar surface area (TPSA) is 58.6 Å². The van der Waals surface area contributed by atoms with E-state index in [2.05, 4.69) is 11.4 Å². The van der Waals surface area contributed by atoms with E-state index in [-0.39, 0.29) is 29.5 Å². The average molecular weight is 396 g/mol. The van der Waals surface area contributed by atoms with Crippen LogP contribution >= 0.6 is 0 Å². The van der Waals surface area contributed by atoms with E-state index in [1.54, 1.807) is 4.90 Å². The average Bonchev–Trinajstić information content (AvgIpc) is 2.77. The summed E-state index contributed by atoms with van der Waals surface area (Å²) in [7, 11) is 0. The Morgan fingerprint density at radius 1 is 1.14 bits per heavy atom. The van der Waals surface area contributed by atoms with E-state index in [0.717, 1.165) is 25.0 Å². The number of ether oxygens (including phenoxy) is 1. The van der Waals surface area contributed by atoms with Gasteiger partial charge in [-0.2, -0.15) is 0 Å². The van der Waals surface area contributed by atoms with E-state index in [4.69, 9.17) is 4.74 Å². The van der Waals surface area contributed by atoms with Crippen LogP contribution in [-0.2, 0) is 11.2 Å². The third-order valence-electron chi connectivity index (χ3n) is 5.69. The van der Waals surface area contributed by atoms with E-state index < -0.39 is 0 Å². The van der Waals surface area contributed by atoms with E-state index in [0.29, 0.717) is 31.8 Å². The Labute approximate surface area is 169 Å². The predicted molar refractivity (Wildman–Crippen MR) is 107 cm³/mol. The molecule has 2 heterocycles. The molecule has 0 aliphatic carbocycles. The fourth-order valence-electron chi connectivity index (χ4n) is 4.06. The van der Waals surface area contributed by atoms with Crippen LogP contribution in [0, 0.1) is 17.7 Å². The van der Waals surface area contributed by atoms with Crippen molar-refractivity contribution in [2.45, 2.75) is 19.3 Å². The maximum atomic E-state index is 13.1. The number of likely N-dealkylation sites (tertiary alicyclic amines) is 1. The number of piperidine rings is 1. The summed E-state index contributed by atoms with van der Waals surface area (Å²) in [5.74, 6) is 0.420. The summed E-state index contributed by atoms with van der Waals surface area (Å²) in [4.78, 5) is 27.0. The van der Waals surface area contributed by atoms with Crippen molar-refractivity contribution in [2.24, 2.45) is 11.8 Å². The molecular weight excluding hydrogens is 371 g/mol. The molecule has 152 valence electrons. The molecule has 5 nitrogen and oxygen atoms in total. The fourth-order valence-corrected chi connectivity index (χ4v) is 4.06. The molecule has 2 aliphatic rings. The van der Waals surface area contributed by atoms with Gasteiger partial charge in [-0.05, 0) is 55.2 Å². The Hall–Kier alpha value is -2.89. The molecule has 0 radical (unpaired) electrons. The number of hydrogen-bond acceptors (Lipinski definition) is 3. The van der Waals surface area contributed by atoms with Gasteiger partial charge in [0.15, 0.2) is 0 Å². The third-order valence-corrected chi connectivity index (χ3v) is 5.69. The highest BCUT2D eigenvalue weighted by Crippen LogP contribution is 2.26. The predicted octanol–water partition coefficient (Wildman–Crippen LogP) is 3.05. The normalized spacial score (nSPS) is 21.1. The minimum absolute atomic E-state index is 0.0135. The molecule has 2 atom stereocenters. The van der Waals surface area contributed by atoms with Crippen molar-refractivity contribution < 1.29 is 18.7 Å². The number of rotatable bonds is 4. The number of para-hydroxylation sites is 1. The third kappa shape index (κ3) is 4.58. The SMILES string of the molecule is O=C(NC[C@@H]1COc2ccccc2C1)[C@H]1CCCN(C(=O)c2ccc(F)cc2)C1. The number of halogens is 1. The number of carbonyl (C=O) groups is 2. The van der Waals surface area contributed by atoms with Gasteiger partial charge in [-0.3, -0.25) is 9.59 Å². The van der Waals surface area contributed by atoms with Crippen molar-refractivity contribution >= 4 is 11.8 Å². The summed E-state index contributed by atoms with van der Waals surface area (Å²) < 4.78 is 18.9. The molecule has 0 spiro atoms. The number of fused-ring (bicyclic) bond motifs is 1. The molecule has 0 bridgehead atoms. The van der Waals surface area contributed by atoms with Gasteiger partial charge in [-0.15, -0.1) is 0 Å². The molecule has 2 amide bonds. The quantitative estimate of drug-likeness (QED) is 0.864. The Morgan fingerprint density at radius 3 is 2.76 bits per heavy atom. The first-order chi connectivity index (χ1) is 14.1. The molecule has 29 heavy (non-hydrogen) atoms. The Morgan fingerprint density at radius 2 is 1.93 bits per heavy atom. The lowest BCUT2D eigenvalue weighted by Gasteiger charge is -2.32. The largest absolute Gasteiger partial charge is 0.493 e. The van der Waals surface area contributed by atoms with Crippen LogP contribution in [0.25, 0.3) is 0 Å².